The minimum atomic E-state index is 0.0198. The molecule has 5 nitrogen and oxygen atoms in total. The number of hydrogen-bond donors (Lipinski definition) is 1. The molecule has 0 bridgehead atoms. The highest BCUT2D eigenvalue weighted by atomic mass is 16.5. The van der Waals surface area contributed by atoms with Crippen molar-refractivity contribution >= 4 is 5.91 Å². The number of carbonyl (C=O) groups excluding carboxylic acids is 1. The molecule has 0 spiro atoms. The van der Waals surface area contributed by atoms with Crippen LogP contribution in [0.15, 0.2) is 24.3 Å². The molecule has 1 atom stereocenters. The minimum Gasteiger partial charge on any atom is -0.379 e. The van der Waals surface area contributed by atoms with Gasteiger partial charge in [-0.15, -0.1) is 0 Å². The van der Waals surface area contributed by atoms with Crippen molar-refractivity contribution in [2.24, 2.45) is 5.92 Å². The van der Waals surface area contributed by atoms with E-state index in [9.17, 15) is 4.79 Å². The molecule has 2 aliphatic heterocycles. The van der Waals surface area contributed by atoms with E-state index in [4.69, 9.17) is 4.74 Å². The predicted octanol–water partition coefficient (Wildman–Crippen LogP) is 1.98. The highest BCUT2D eigenvalue weighted by Crippen LogP contribution is 2.18. The zero-order valence-electron chi connectivity index (χ0n) is 15.4. The van der Waals surface area contributed by atoms with Gasteiger partial charge in [-0.1, -0.05) is 19.1 Å². The summed E-state index contributed by atoms with van der Waals surface area (Å²) < 4.78 is 5.34. The maximum atomic E-state index is 12.3. The van der Waals surface area contributed by atoms with Crippen molar-refractivity contribution in [3.8, 4) is 0 Å². The number of nitrogens with zero attached hydrogens (tertiary/aromatic N) is 2. The Bertz CT molecular complexity index is 540. The maximum absolute atomic E-state index is 12.3. The van der Waals surface area contributed by atoms with E-state index in [0.717, 1.165) is 50.9 Å². The van der Waals surface area contributed by atoms with Gasteiger partial charge in [-0.3, -0.25) is 14.6 Å². The topological polar surface area (TPSA) is 44.8 Å². The fourth-order valence-corrected chi connectivity index (χ4v) is 3.70. The van der Waals surface area contributed by atoms with E-state index in [2.05, 4.69) is 34.2 Å². The Kier molecular flexibility index (Phi) is 6.84. The monoisotopic (exact) mass is 345 g/mol. The Morgan fingerprint density at radius 1 is 1.16 bits per heavy atom. The predicted molar refractivity (Wildman–Crippen MR) is 99.7 cm³/mol. The summed E-state index contributed by atoms with van der Waals surface area (Å²) in [5.41, 5.74) is 2.04. The van der Waals surface area contributed by atoms with Gasteiger partial charge in [0, 0.05) is 44.8 Å². The Labute approximate surface area is 151 Å². The standard InChI is InChI=1S/C20H31N3O2/c1-17-3-2-9-23(15-17)16-18-4-6-19(7-5-18)20(24)21-8-10-22-11-13-25-14-12-22/h4-7,17H,2-3,8-16H2,1H3,(H,21,24)/t17-/m1/s1. The molecule has 0 unspecified atom stereocenters. The molecular formula is C20H31N3O2. The van der Waals surface area contributed by atoms with E-state index < -0.39 is 0 Å². The highest BCUT2D eigenvalue weighted by molar-refractivity contribution is 5.94. The molecule has 1 aromatic carbocycles. The van der Waals surface area contributed by atoms with Gasteiger partial charge in [0.15, 0.2) is 0 Å². The Balaban J connectivity index is 1.42. The van der Waals surface area contributed by atoms with Crippen LogP contribution in [0.25, 0.3) is 0 Å². The van der Waals surface area contributed by atoms with Crippen LogP contribution in [-0.4, -0.2) is 68.2 Å². The molecule has 1 aromatic rings. The smallest absolute Gasteiger partial charge is 0.251 e. The molecule has 2 fully saturated rings. The van der Waals surface area contributed by atoms with Crippen molar-refractivity contribution in [3.63, 3.8) is 0 Å². The maximum Gasteiger partial charge on any atom is 0.251 e. The number of benzene rings is 1. The number of morpholine rings is 1. The summed E-state index contributed by atoms with van der Waals surface area (Å²) in [5.74, 6) is 0.816. The number of rotatable bonds is 6. The molecule has 3 rings (SSSR count). The minimum absolute atomic E-state index is 0.0198. The third-order valence-corrected chi connectivity index (χ3v) is 5.18. The molecule has 138 valence electrons. The number of ether oxygens (including phenoxy) is 1. The van der Waals surface area contributed by atoms with Crippen LogP contribution in [0.1, 0.15) is 35.7 Å². The lowest BCUT2D eigenvalue weighted by atomic mass is 9.99. The van der Waals surface area contributed by atoms with Crippen LogP contribution in [0, 0.1) is 5.92 Å². The van der Waals surface area contributed by atoms with Crippen LogP contribution in [-0.2, 0) is 11.3 Å². The van der Waals surface area contributed by atoms with Gasteiger partial charge >= 0.3 is 0 Å². The second-order valence-electron chi connectivity index (χ2n) is 7.39. The third kappa shape index (κ3) is 5.80. The van der Waals surface area contributed by atoms with Gasteiger partial charge in [0.1, 0.15) is 0 Å². The number of likely N-dealkylation sites (tertiary alicyclic amines) is 1. The van der Waals surface area contributed by atoms with Gasteiger partial charge in [0.05, 0.1) is 13.2 Å². The lowest BCUT2D eigenvalue weighted by Gasteiger charge is -2.30. The molecule has 0 saturated carbocycles. The third-order valence-electron chi connectivity index (χ3n) is 5.18. The molecule has 2 saturated heterocycles. The Morgan fingerprint density at radius 3 is 2.64 bits per heavy atom. The van der Waals surface area contributed by atoms with Gasteiger partial charge in [0.25, 0.3) is 5.91 Å². The molecule has 25 heavy (non-hydrogen) atoms. The lowest BCUT2D eigenvalue weighted by Crippen LogP contribution is -2.41. The first kappa shape index (κ1) is 18.4. The number of piperidine rings is 1. The molecule has 0 aliphatic carbocycles. The van der Waals surface area contributed by atoms with E-state index in [0.29, 0.717) is 6.54 Å². The number of amides is 1. The summed E-state index contributed by atoms with van der Waals surface area (Å²) in [6.07, 6.45) is 2.64. The molecule has 2 aliphatic rings. The zero-order chi connectivity index (χ0) is 17.5. The second kappa shape index (κ2) is 9.32. The summed E-state index contributed by atoms with van der Waals surface area (Å²) in [4.78, 5) is 17.1. The Hall–Kier alpha value is -1.43. The van der Waals surface area contributed by atoms with Crippen LogP contribution in [0.4, 0.5) is 0 Å². The number of hydrogen-bond acceptors (Lipinski definition) is 4. The van der Waals surface area contributed by atoms with Gasteiger partial charge in [-0.05, 0) is 43.0 Å². The first-order valence-corrected chi connectivity index (χ1v) is 9.60. The fraction of sp³-hybridized carbons (Fsp3) is 0.650. The van der Waals surface area contributed by atoms with E-state index in [1.807, 2.05) is 12.1 Å². The molecule has 0 radical (unpaired) electrons. The van der Waals surface area contributed by atoms with Crippen molar-refractivity contribution in [2.45, 2.75) is 26.3 Å². The number of nitrogens with one attached hydrogen (secondary N) is 1. The van der Waals surface area contributed by atoms with Gasteiger partial charge in [0.2, 0.25) is 0 Å². The summed E-state index contributed by atoms with van der Waals surface area (Å²) in [6, 6.07) is 8.09. The van der Waals surface area contributed by atoms with Crippen molar-refractivity contribution in [2.75, 3.05) is 52.5 Å². The highest BCUT2D eigenvalue weighted by Gasteiger charge is 2.16. The van der Waals surface area contributed by atoms with Crippen LogP contribution in [0.3, 0.4) is 0 Å². The van der Waals surface area contributed by atoms with Crippen molar-refractivity contribution in [1.82, 2.24) is 15.1 Å². The summed E-state index contributed by atoms with van der Waals surface area (Å²) in [5, 5.41) is 3.02. The fourth-order valence-electron chi connectivity index (χ4n) is 3.70. The summed E-state index contributed by atoms with van der Waals surface area (Å²) >= 11 is 0. The molecule has 1 N–H and O–H groups in total. The van der Waals surface area contributed by atoms with E-state index in [1.165, 1.54) is 31.5 Å². The molecular weight excluding hydrogens is 314 g/mol. The Morgan fingerprint density at radius 2 is 1.92 bits per heavy atom. The van der Waals surface area contributed by atoms with Crippen LogP contribution in [0.2, 0.25) is 0 Å². The molecule has 1 amide bonds. The SMILES string of the molecule is C[C@@H]1CCCN(Cc2ccc(C(=O)NCCN3CCOCC3)cc2)C1. The first-order chi connectivity index (χ1) is 12.2. The quantitative estimate of drug-likeness (QED) is 0.856. The molecule has 2 heterocycles. The zero-order valence-corrected chi connectivity index (χ0v) is 15.4. The second-order valence-corrected chi connectivity index (χ2v) is 7.39. The molecule has 5 heteroatoms. The normalized spacial score (nSPS) is 22.7. The van der Waals surface area contributed by atoms with Crippen molar-refractivity contribution in [1.29, 1.82) is 0 Å². The average molecular weight is 345 g/mol. The largest absolute Gasteiger partial charge is 0.379 e. The van der Waals surface area contributed by atoms with Crippen LogP contribution >= 0.6 is 0 Å². The van der Waals surface area contributed by atoms with Gasteiger partial charge < -0.3 is 10.1 Å². The summed E-state index contributed by atoms with van der Waals surface area (Å²) in [6.45, 7) is 10.8. The van der Waals surface area contributed by atoms with Crippen LogP contribution in [0.5, 0.6) is 0 Å². The molecule has 0 aromatic heterocycles. The van der Waals surface area contributed by atoms with E-state index in [1.54, 1.807) is 0 Å². The lowest BCUT2D eigenvalue weighted by molar-refractivity contribution is 0.0383. The van der Waals surface area contributed by atoms with E-state index in [-0.39, 0.29) is 5.91 Å². The van der Waals surface area contributed by atoms with Crippen molar-refractivity contribution in [3.05, 3.63) is 35.4 Å². The number of carbonyl (C=O) groups is 1. The van der Waals surface area contributed by atoms with Crippen LogP contribution < -0.4 is 5.32 Å². The van der Waals surface area contributed by atoms with Gasteiger partial charge in [-0.2, -0.15) is 0 Å². The summed E-state index contributed by atoms with van der Waals surface area (Å²) in [7, 11) is 0. The average Bonchev–Trinajstić information content (AvgIpc) is 2.63. The van der Waals surface area contributed by atoms with E-state index >= 15 is 0 Å². The first-order valence-electron chi connectivity index (χ1n) is 9.60. The van der Waals surface area contributed by atoms with Crippen molar-refractivity contribution < 1.29 is 9.53 Å². The van der Waals surface area contributed by atoms with Gasteiger partial charge in [-0.25, -0.2) is 0 Å².